The van der Waals surface area contributed by atoms with E-state index >= 15 is 0 Å². The molecule has 2 N–H and O–H groups in total. The van der Waals surface area contributed by atoms with Crippen molar-refractivity contribution >= 4 is 11.7 Å². The van der Waals surface area contributed by atoms with Crippen molar-refractivity contribution in [3.05, 3.63) is 42.0 Å². The summed E-state index contributed by atoms with van der Waals surface area (Å²) in [4.78, 5) is 11.9. The van der Waals surface area contributed by atoms with Crippen LogP contribution in [0.15, 0.2) is 24.8 Å². The van der Waals surface area contributed by atoms with Crippen molar-refractivity contribution < 1.29 is 23.8 Å². The first-order chi connectivity index (χ1) is 8.51. The molecule has 0 aliphatic carbocycles. The summed E-state index contributed by atoms with van der Waals surface area (Å²) in [5.74, 6) is -3.37. The van der Waals surface area contributed by atoms with E-state index in [-0.39, 0.29) is 25.4 Å². The molecular formula is C12H13F2NO3. The van der Waals surface area contributed by atoms with Crippen LogP contribution in [0.3, 0.4) is 0 Å². The summed E-state index contributed by atoms with van der Waals surface area (Å²) in [6.45, 7) is 3.33. The van der Waals surface area contributed by atoms with Crippen molar-refractivity contribution in [3.63, 3.8) is 0 Å². The predicted octanol–water partition coefficient (Wildman–Crippen LogP) is 1.65. The molecule has 0 bridgehead atoms. The van der Waals surface area contributed by atoms with E-state index < -0.39 is 23.2 Å². The van der Waals surface area contributed by atoms with Crippen molar-refractivity contribution in [3.8, 4) is 0 Å². The number of aromatic carboxylic acids is 1. The maximum Gasteiger partial charge on any atom is 0.335 e. The summed E-state index contributed by atoms with van der Waals surface area (Å²) in [6, 6.07) is 1.49. The molecule has 0 unspecified atom stereocenters. The predicted molar refractivity (Wildman–Crippen MR) is 62.8 cm³/mol. The smallest absolute Gasteiger partial charge is 0.335 e. The first-order valence-electron chi connectivity index (χ1n) is 5.20. The minimum atomic E-state index is -1.41. The zero-order chi connectivity index (χ0) is 13.7. The molecule has 6 heteroatoms. The topological polar surface area (TPSA) is 60.8 Å². The Hall–Kier alpha value is -1.95. The van der Waals surface area contributed by atoms with Gasteiger partial charge in [0.15, 0.2) is 0 Å². The highest BCUT2D eigenvalue weighted by Crippen LogP contribution is 2.25. The van der Waals surface area contributed by atoms with Gasteiger partial charge in [-0.2, -0.15) is 0 Å². The van der Waals surface area contributed by atoms with Crippen LogP contribution in [0.4, 0.5) is 14.5 Å². The number of aliphatic hydroxyl groups excluding tert-OH is 1. The van der Waals surface area contributed by atoms with E-state index in [1.165, 1.54) is 11.0 Å². The summed E-state index contributed by atoms with van der Waals surface area (Å²) in [5, 5.41) is 17.5. The lowest BCUT2D eigenvalue weighted by atomic mass is 10.1. The second-order valence-corrected chi connectivity index (χ2v) is 3.55. The molecule has 0 saturated carbocycles. The van der Waals surface area contributed by atoms with Crippen molar-refractivity contribution in [2.45, 2.75) is 0 Å². The van der Waals surface area contributed by atoms with Gasteiger partial charge < -0.3 is 15.1 Å². The lowest BCUT2D eigenvalue weighted by molar-refractivity contribution is 0.0695. The van der Waals surface area contributed by atoms with Crippen molar-refractivity contribution in [1.29, 1.82) is 0 Å². The van der Waals surface area contributed by atoms with Gasteiger partial charge in [0.05, 0.1) is 12.2 Å². The lowest BCUT2D eigenvalue weighted by Crippen LogP contribution is -2.28. The number of anilines is 1. The molecule has 0 fully saturated rings. The molecule has 4 nitrogen and oxygen atoms in total. The zero-order valence-corrected chi connectivity index (χ0v) is 9.57. The fourth-order valence-electron chi connectivity index (χ4n) is 1.56. The Balaban J connectivity index is 3.22. The number of aliphatic hydroxyl groups is 1. The van der Waals surface area contributed by atoms with Crippen LogP contribution in [0, 0.1) is 11.6 Å². The van der Waals surface area contributed by atoms with Gasteiger partial charge in [0.25, 0.3) is 0 Å². The minimum Gasteiger partial charge on any atom is -0.478 e. The maximum absolute atomic E-state index is 13.7. The van der Waals surface area contributed by atoms with Crippen molar-refractivity contribution in [2.75, 3.05) is 24.6 Å². The third kappa shape index (κ3) is 3.04. The average molecular weight is 257 g/mol. The van der Waals surface area contributed by atoms with Gasteiger partial charge in [0, 0.05) is 13.1 Å². The van der Waals surface area contributed by atoms with E-state index in [0.29, 0.717) is 0 Å². The van der Waals surface area contributed by atoms with Crippen LogP contribution in [0.1, 0.15) is 10.4 Å². The summed E-state index contributed by atoms with van der Waals surface area (Å²) < 4.78 is 27.4. The first kappa shape index (κ1) is 14.1. The molecule has 1 rings (SSSR count). The number of carbonyl (C=O) groups is 1. The first-order valence-corrected chi connectivity index (χ1v) is 5.20. The summed E-state index contributed by atoms with van der Waals surface area (Å²) in [7, 11) is 0. The molecule has 0 saturated heterocycles. The molecule has 0 atom stereocenters. The lowest BCUT2D eigenvalue weighted by Gasteiger charge is -2.23. The number of rotatable bonds is 6. The summed E-state index contributed by atoms with van der Waals surface area (Å²) in [5.41, 5.74) is -0.828. The van der Waals surface area contributed by atoms with Crippen LogP contribution in [-0.4, -0.2) is 35.9 Å². The Kier molecular flexibility index (Phi) is 4.79. The van der Waals surface area contributed by atoms with Gasteiger partial charge >= 0.3 is 5.97 Å². The molecule has 0 radical (unpaired) electrons. The highest BCUT2D eigenvalue weighted by Gasteiger charge is 2.19. The largest absolute Gasteiger partial charge is 0.478 e. The highest BCUT2D eigenvalue weighted by atomic mass is 19.1. The Labute approximate surface area is 103 Å². The number of nitrogens with zero attached hydrogens (tertiary/aromatic N) is 1. The number of hydrogen-bond acceptors (Lipinski definition) is 3. The second-order valence-electron chi connectivity index (χ2n) is 3.55. The molecular weight excluding hydrogens is 244 g/mol. The zero-order valence-electron chi connectivity index (χ0n) is 9.57. The van der Waals surface area contributed by atoms with Gasteiger partial charge in [-0.1, -0.05) is 6.08 Å². The highest BCUT2D eigenvalue weighted by molar-refractivity contribution is 5.88. The average Bonchev–Trinajstić information content (AvgIpc) is 2.28. The third-order valence-corrected chi connectivity index (χ3v) is 2.30. The van der Waals surface area contributed by atoms with E-state index in [1.807, 2.05) is 0 Å². The third-order valence-electron chi connectivity index (χ3n) is 2.30. The van der Waals surface area contributed by atoms with E-state index in [9.17, 15) is 13.6 Å². The molecule has 98 valence electrons. The molecule has 0 aromatic heterocycles. The van der Waals surface area contributed by atoms with Crippen LogP contribution in [-0.2, 0) is 0 Å². The Morgan fingerprint density at radius 3 is 2.33 bits per heavy atom. The van der Waals surface area contributed by atoms with Crippen LogP contribution in [0.25, 0.3) is 0 Å². The molecule has 0 amide bonds. The number of halogens is 2. The second kappa shape index (κ2) is 6.11. The van der Waals surface area contributed by atoms with E-state index in [2.05, 4.69) is 6.58 Å². The monoisotopic (exact) mass is 257 g/mol. The molecule has 18 heavy (non-hydrogen) atoms. The van der Waals surface area contributed by atoms with Gasteiger partial charge in [0.1, 0.15) is 17.3 Å². The van der Waals surface area contributed by atoms with E-state index in [1.54, 1.807) is 0 Å². The van der Waals surface area contributed by atoms with Crippen molar-refractivity contribution in [1.82, 2.24) is 0 Å². The molecule has 0 aliphatic heterocycles. The standard InChI is InChI=1S/C12H13F2NO3/c1-2-3-15(4-5-16)11-9(13)6-8(12(17)18)7-10(11)14/h2,6-7,16H,1,3-5H2,(H,17,18). The van der Waals surface area contributed by atoms with Crippen LogP contribution in [0.2, 0.25) is 0 Å². The van der Waals surface area contributed by atoms with Crippen LogP contribution < -0.4 is 4.90 Å². The minimum absolute atomic E-state index is 0.0201. The van der Waals surface area contributed by atoms with Gasteiger partial charge in [0.2, 0.25) is 0 Å². The Bertz CT molecular complexity index is 440. The van der Waals surface area contributed by atoms with E-state index in [4.69, 9.17) is 10.2 Å². The van der Waals surface area contributed by atoms with Gasteiger partial charge in [-0.25, -0.2) is 13.6 Å². The maximum atomic E-state index is 13.7. The molecule has 0 spiro atoms. The fourth-order valence-corrected chi connectivity index (χ4v) is 1.56. The Morgan fingerprint density at radius 1 is 1.39 bits per heavy atom. The number of hydrogen-bond donors (Lipinski definition) is 2. The van der Waals surface area contributed by atoms with E-state index in [0.717, 1.165) is 12.1 Å². The SMILES string of the molecule is C=CCN(CCO)c1c(F)cc(C(=O)O)cc1F. The van der Waals surface area contributed by atoms with Crippen LogP contribution >= 0.6 is 0 Å². The van der Waals surface area contributed by atoms with Crippen LogP contribution in [0.5, 0.6) is 0 Å². The number of carboxylic acids is 1. The normalized spacial score (nSPS) is 10.2. The molecule has 1 aromatic carbocycles. The number of carboxylic acid groups (broad SMARTS) is 1. The molecule has 0 aliphatic rings. The van der Waals surface area contributed by atoms with Gasteiger partial charge in [-0.05, 0) is 12.1 Å². The quantitative estimate of drug-likeness (QED) is 0.761. The summed E-state index contributed by atoms with van der Waals surface area (Å²) >= 11 is 0. The van der Waals surface area contributed by atoms with Gasteiger partial charge in [-0.15, -0.1) is 6.58 Å². The fraction of sp³-hybridized carbons (Fsp3) is 0.250. The van der Waals surface area contributed by atoms with Gasteiger partial charge in [-0.3, -0.25) is 0 Å². The summed E-state index contributed by atoms with van der Waals surface area (Å²) in [6.07, 6.45) is 1.43. The Morgan fingerprint density at radius 2 is 1.94 bits per heavy atom. The number of benzene rings is 1. The molecule has 1 aromatic rings. The van der Waals surface area contributed by atoms with Crippen molar-refractivity contribution in [2.24, 2.45) is 0 Å². The molecule has 0 heterocycles.